The van der Waals surface area contributed by atoms with Gasteiger partial charge in [-0.2, -0.15) is 0 Å². The molecule has 21 heavy (non-hydrogen) atoms. The number of halogens is 1. The van der Waals surface area contributed by atoms with Crippen LogP contribution in [-0.2, 0) is 9.53 Å². The molecular weight excluding hydrogens is 292 g/mol. The van der Waals surface area contributed by atoms with Crippen LogP contribution in [0.25, 0.3) is 0 Å². The number of carbonyl (C=O) groups excluding carboxylic acids is 2. The molecular formula is C15H21ClN2O3. The average Bonchev–Trinajstić information content (AvgIpc) is 2.47. The van der Waals surface area contributed by atoms with E-state index in [0.717, 1.165) is 6.42 Å². The molecule has 1 aromatic rings. The molecule has 5 nitrogen and oxygen atoms in total. The second-order valence-electron chi connectivity index (χ2n) is 4.46. The first kappa shape index (κ1) is 17.5. The van der Waals surface area contributed by atoms with Crippen LogP contribution in [0.4, 0.5) is 5.69 Å². The standard InChI is InChI=1S/C15H21ClN2O3/c1-3-21-10-6-9-17-15(20)12-7-4-5-8-13(12)18-14(19)11(2)16/h4-5,7-8,11H,3,6,9-10H2,1-2H3,(H,17,20)(H,18,19)/t11-/m1/s1. The summed E-state index contributed by atoms with van der Waals surface area (Å²) in [7, 11) is 0. The average molecular weight is 313 g/mol. The molecule has 6 heteroatoms. The smallest absolute Gasteiger partial charge is 0.253 e. The molecule has 0 aliphatic rings. The molecule has 1 aromatic carbocycles. The van der Waals surface area contributed by atoms with E-state index in [0.29, 0.717) is 31.0 Å². The van der Waals surface area contributed by atoms with Crippen molar-refractivity contribution in [3.8, 4) is 0 Å². The van der Waals surface area contributed by atoms with Crippen molar-refractivity contribution in [2.45, 2.75) is 25.6 Å². The molecule has 0 unspecified atom stereocenters. The van der Waals surface area contributed by atoms with Crippen LogP contribution in [0, 0.1) is 0 Å². The number of amides is 2. The third-order valence-corrected chi connectivity index (χ3v) is 2.94. The fourth-order valence-electron chi connectivity index (χ4n) is 1.64. The number of nitrogens with one attached hydrogen (secondary N) is 2. The Labute approximate surface area is 130 Å². The number of hydrogen-bond donors (Lipinski definition) is 2. The number of hydrogen-bond acceptors (Lipinski definition) is 3. The van der Waals surface area contributed by atoms with Gasteiger partial charge in [0.1, 0.15) is 5.38 Å². The first-order chi connectivity index (χ1) is 10.1. The van der Waals surface area contributed by atoms with Crippen LogP contribution in [0.5, 0.6) is 0 Å². The van der Waals surface area contributed by atoms with Crippen LogP contribution in [0.2, 0.25) is 0 Å². The van der Waals surface area contributed by atoms with Crippen molar-refractivity contribution in [2.75, 3.05) is 25.1 Å². The minimum absolute atomic E-state index is 0.232. The van der Waals surface area contributed by atoms with E-state index in [2.05, 4.69) is 10.6 Å². The minimum atomic E-state index is -0.660. The van der Waals surface area contributed by atoms with Gasteiger partial charge in [-0.15, -0.1) is 11.6 Å². The van der Waals surface area contributed by atoms with E-state index in [4.69, 9.17) is 16.3 Å². The van der Waals surface area contributed by atoms with E-state index in [9.17, 15) is 9.59 Å². The molecule has 0 saturated heterocycles. The van der Waals surface area contributed by atoms with Gasteiger partial charge in [0.15, 0.2) is 0 Å². The number of ether oxygens (including phenoxy) is 1. The zero-order valence-corrected chi connectivity index (χ0v) is 13.1. The molecule has 2 N–H and O–H groups in total. The second kappa shape index (κ2) is 9.37. The largest absolute Gasteiger partial charge is 0.382 e. The van der Waals surface area contributed by atoms with Gasteiger partial charge >= 0.3 is 0 Å². The molecule has 1 rings (SSSR count). The molecule has 0 bridgehead atoms. The highest BCUT2D eigenvalue weighted by Gasteiger charge is 2.15. The summed E-state index contributed by atoms with van der Waals surface area (Å²) in [4.78, 5) is 23.7. The van der Waals surface area contributed by atoms with Crippen LogP contribution in [-0.4, -0.2) is 36.9 Å². The van der Waals surface area contributed by atoms with Crippen LogP contribution in [0.1, 0.15) is 30.6 Å². The summed E-state index contributed by atoms with van der Waals surface area (Å²) in [6.07, 6.45) is 0.743. The molecule has 116 valence electrons. The van der Waals surface area contributed by atoms with Crippen molar-refractivity contribution in [1.29, 1.82) is 0 Å². The van der Waals surface area contributed by atoms with E-state index < -0.39 is 5.38 Å². The van der Waals surface area contributed by atoms with Gasteiger partial charge in [-0.3, -0.25) is 9.59 Å². The minimum Gasteiger partial charge on any atom is -0.382 e. The number of carbonyl (C=O) groups is 2. The number of alkyl halides is 1. The summed E-state index contributed by atoms with van der Waals surface area (Å²) >= 11 is 5.72. The lowest BCUT2D eigenvalue weighted by Crippen LogP contribution is -2.28. The summed E-state index contributed by atoms with van der Waals surface area (Å²) in [5, 5.41) is 4.78. The van der Waals surface area contributed by atoms with Crippen molar-refractivity contribution in [1.82, 2.24) is 5.32 Å². The van der Waals surface area contributed by atoms with E-state index in [1.807, 2.05) is 6.92 Å². The number of rotatable bonds is 8. The van der Waals surface area contributed by atoms with Gasteiger partial charge in [0.05, 0.1) is 11.3 Å². The van der Waals surface area contributed by atoms with Crippen LogP contribution in [0.3, 0.4) is 0 Å². The molecule has 0 fully saturated rings. The van der Waals surface area contributed by atoms with Gasteiger partial charge in [0, 0.05) is 19.8 Å². The zero-order chi connectivity index (χ0) is 15.7. The van der Waals surface area contributed by atoms with Crippen LogP contribution in [0.15, 0.2) is 24.3 Å². The highest BCUT2D eigenvalue weighted by molar-refractivity contribution is 6.32. The SMILES string of the molecule is CCOCCCNC(=O)c1ccccc1NC(=O)[C@@H](C)Cl. The van der Waals surface area contributed by atoms with Gasteiger partial charge in [-0.05, 0) is 32.4 Å². The lowest BCUT2D eigenvalue weighted by Gasteiger charge is -2.12. The maximum absolute atomic E-state index is 12.1. The van der Waals surface area contributed by atoms with Crippen LogP contribution < -0.4 is 10.6 Å². The Hall–Kier alpha value is -1.59. The Morgan fingerprint density at radius 1 is 1.33 bits per heavy atom. The Bertz CT molecular complexity index is 478. The number of benzene rings is 1. The van der Waals surface area contributed by atoms with Crippen molar-refractivity contribution in [3.05, 3.63) is 29.8 Å². The highest BCUT2D eigenvalue weighted by atomic mass is 35.5. The molecule has 0 aliphatic heterocycles. The lowest BCUT2D eigenvalue weighted by molar-refractivity contribution is -0.115. The molecule has 2 amide bonds. The Morgan fingerprint density at radius 2 is 2.05 bits per heavy atom. The molecule has 1 atom stereocenters. The summed E-state index contributed by atoms with van der Waals surface area (Å²) in [5.74, 6) is -0.571. The third kappa shape index (κ3) is 6.14. The van der Waals surface area contributed by atoms with Crippen molar-refractivity contribution in [3.63, 3.8) is 0 Å². The van der Waals surface area contributed by atoms with Crippen LogP contribution >= 0.6 is 11.6 Å². The maximum atomic E-state index is 12.1. The lowest BCUT2D eigenvalue weighted by atomic mass is 10.1. The number of anilines is 1. The molecule has 0 spiro atoms. The summed E-state index contributed by atoms with van der Waals surface area (Å²) in [5.41, 5.74) is 0.872. The van der Waals surface area contributed by atoms with E-state index in [-0.39, 0.29) is 11.8 Å². The Balaban J connectivity index is 2.61. The van der Waals surface area contributed by atoms with Crippen molar-refractivity contribution < 1.29 is 14.3 Å². The topological polar surface area (TPSA) is 67.4 Å². The maximum Gasteiger partial charge on any atom is 0.253 e. The predicted octanol–water partition coefficient (Wildman–Crippen LogP) is 2.41. The van der Waals surface area contributed by atoms with Gasteiger partial charge in [0.2, 0.25) is 5.91 Å². The zero-order valence-electron chi connectivity index (χ0n) is 12.3. The first-order valence-electron chi connectivity index (χ1n) is 6.96. The Kier molecular flexibility index (Phi) is 7.79. The molecule has 0 heterocycles. The van der Waals surface area contributed by atoms with E-state index in [1.165, 1.54) is 0 Å². The fraction of sp³-hybridized carbons (Fsp3) is 0.467. The molecule has 0 aliphatic carbocycles. The monoisotopic (exact) mass is 312 g/mol. The number of para-hydroxylation sites is 1. The summed E-state index contributed by atoms with van der Waals surface area (Å²) in [6.45, 7) is 5.30. The second-order valence-corrected chi connectivity index (χ2v) is 5.11. The highest BCUT2D eigenvalue weighted by Crippen LogP contribution is 2.15. The summed E-state index contributed by atoms with van der Waals surface area (Å²) in [6, 6.07) is 6.83. The summed E-state index contributed by atoms with van der Waals surface area (Å²) < 4.78 is 5.20. The van der Waals surface area contributed by atoms with E-state index in [1.54, 1.807) is 31.2 Å². The van der Waals surface area contributed by atoms with Crippen molar-refractivity contribution in [2.24, 2.45) is 0 Å². The molecule has 0 radical (unpaired) electrons. The van der Waals surface area contributed by atoms with E-state index >= 15 is 0 Å². The normalized spacial score (nSPS) is 11.8. The quantitative estimate of drug-likeness (QED) is 0.572. The third-order valence-electron chi connectivity index (χ3n) is 2.75. The van der Waals surface area contributed by atoms with Gasteiger partial charge in [-0.1, -0.05) is 12.1 Å². The fourth-order valence-corrected chi connectivity index (χ4v) is 1.69. The van der Waals surface area contributed by atoms with Gasteiger partial charge in [0.25, 0.3) is 5.91 Å². The predicted molar refractivity (Wildman–Crippen MR) is 83.8 cm³/mol. The van der Waals surface area contributed by atoms with Gasteiger partial charge in [-0.25, -0.2) is 0 Å². The molecule has 0 aromatic heterocycles. The molecule has 0 saturated carbocycles. The first-order valence-corrected chi connectivity index (χ1v) is 7.39. The Morgan fingerprint density at radius 3 is 2.71 bits per heavy atom. The van der Waals surface area contributed by atoms with Crippen molar-refractivity contribution >= 4 is 29.1 Å². The van der Waals surface area contributed by atoms with Gasteiger partial charge < -0.3 is 15.4 Å².